The molecule has 5 rings (SSSR count). The van der Waals surface area contributed by atoms with Gasteiger partial charge in [-0.15, -0.1) is 0 Å². The highest BCUT2D eigenvalue weighted by molar-refractivity contribution is 5.09. The number of hydrogen-bond acceptors (Lipinski definition) is 0. The fraction of sp³-hybridized carbons (Fsp3) is 0.939. The Hall–Kier alpha value is -0.440. The van der Waals surface area contributed by atoms with Crippen molar-refractivity contribution in [3.8, 4) is 11.8 Å². The third-order valence-electron chi connectivity index (χ3n) is 11.7. The first-order valence-electron chi connectivity index (χ1n) is 15.8. The van der Waals surface area contributed by atoms with E-state index in [-0.39, 0.29) is 0 Å². The summed E-state index contributed by atoms with van der Waals surface area (Å²) >= 11 is 0. The Morgan fingerprint density at radius 3 is 1.06 bits per heavy atom. The molecule has 0 amide bonds. The molecule has 0 aromatic carbocycles. The van der Waals surface area contributed by atoms with Gasteiger partial charge in [0, 0.05) is 11.8 Å². The van der Waals surface area contributed by atoms with Gasteiger partial charge in [-0.25, -0.2) is 0 Å². The second-order valence-electron chi connectivity index (χ2n) is 13.4. The molecule has 0 nitrogen and oxygen atoms in total. The van der Waals surface area contributed by atoms with Crippen LogP contribution in [0.5, 0.6) is 0 Å². The Kier molecular flexibility index (Phi) is 8.82. The summed E-state index contributed by atoms with van der Waals surface area (Å²) in [5, 5.41) is 0. The molecule has 0 aromatic rings. The molecular weight excluding hydrogens is 396 g/mol. The Labute approximate surface area is 206 Å². The van der Waals surface area contributed by atoms with Crippen LogP contribution in [0, 0.1) is 65.1 Å². The summed E-state index contributed by atoms with van der Waals surface area (Å²) in [6, 6.07) is 0. The van der Waals surface area contributed by atoms with Crippen molar-refractivity contribution < 1.29 is 0 Å². The van der Waals surface area contributed by atoms with Crippen LogP contribution in [0.3, 0.4) is 0 Å². The molecule has 0 unspecified atom stereocenters. The largest absolute Gasteiger partial charge is 0.0996 e. The highest BCUT2D eigenvalue weighted by Crippen LogP contribution is 2.46. The van der Waals surface area contributed by atoms with Crippen molar-refractivity contribution >= 4 is 0 Å². The van der Waals surface area contributed by atoms with Crippen LogP contribution in [0.1, 0.15) is 142 Å². The van der Waals surface area contributed by atoms with Crippen molar-refractivity contribution in [2.24, 2.45) is 53.3 Å². The van der Waals surface area contributed by atoms with E-state index >= 15 is 0 Å². The van der Waals surface area contributed by atoms with Crippen LogP contribution in [-0.4, -0.2) is 0 Å². The Morgan fingerprint density at radius 1 is 0.394 bits per heavy atom. The van der Waals surface area contributed by atoms with Gasteiger partial charge in [0.05, 0.1) is 0 Å². The summed E-state index contributed by atoms with van der Waals surface area (Å²) in [7, 11) is 0. The van der Waals surface area contributed by atoms with E-state index in [2.05, 4.69) is 18.8 Å². The first-order valence-corrected chi connectivity index (χ1v) is 15.8. The molecule has 5 aliphatic carbocycles. The molecule has 186 valence electrons. The highest BCUT2D eigenvalue weighted by atomic mass is 14.4. The van der Waals surface area contributed by atoms with Crippen molar-refractivity contribution in [2.75, 3.05) is 0 Å². The Bertz CT molecular complexity index is 613. The van der Waals surface area contributed by atoms with Gasteiger partial charge >= 0.3 is 0 Å². The summed E-state index contributed by atoms with van der Waals surface area (Å²) in [4.78, 5) is 0. The first-order chi connectivity index (χ1) is 16.3. The second-order valence-corrected chi connectivity index (χ2v) is 13.4. The minimum absolute atomic E-state index is 0.735. The fourth-order valence-electron chi connectivity index (χ4n) is 9.29. The number of hydrogen-bond donors (Lipinski definition) is 0. The lowest BCUT2D eigenvalue weighted by molar-refractivity contribution is 0.108. The van der Waals surface area contributed by atoms with E-state index in [4.69, 9.17) is 0 Å². The molecule has 0 saturated heterocycles. The van der Waals surface area contributed by atoms with E-state index in [9.17, 15) is 0 Å². The predicted molar refractivity (Wildman–Crippen MR) is 142 cm³/mol. The van der Waals surface area contributed by atoms with Gasteiger partial charge in [-0.1, -0.05) is 63.7 Å². The molecule has 0 heteroatoms. The van der Waals surface area contributed by atoms with Gasteiger partial charge in [0.15, 0.2) is 0 Å². The van der Waals surface area contributed by atoms with Crippen molar-refractivity contribution in [1.82, 2.24) is 0 Å². The van der Waals surface area contributed by atoms with Crippen LogP contribution in [-0.2, 0) is 0 Å². The third-order valence-corrected chi connectivity index (χ3v) is 11.7. The van der Waals surface area contributed by atoms with Crippen molar-refractivity contribution in [2.45, 2.75) is 142 Å². The molecule has 0 bridgehead atoms. The minimum atomic E-state index is 0.735. The molecule has 5 saturated carbocycles. The number of rotatable bonds is 4. The molecule has 0 heterocycles. The minimum Gasteiger partial charge on any atom is -0.0996 e. The highest BCUT2D eigenvalue weighted by Gasteiger charge is 2.34. The fourth-order valence-corrected chi connectivity index (χ4v) is 9.29. The molecule has 0 atom stereocenters. The second kappa shape index (κ2) is 12.0. The zero-order chi connectivity index (χ0) is 22.5. The van der Waals surface area contributed by atoms with Crippen LogP contribution in [0.25, 0.3) is 0 Å². The summed E-state index contributed by atoms with van der Waals surface area (Å²) in [5.74, 6) is 16.6. The smallest absolute Gasteiger partial charge is 0.0203 e. The maximum atomic E-state index is 3.81. The molecule has 5 aliphatic rings. The molecule has 0 radical (unpaired) electrons. The maximum Gasteiger partial charge on any atom is 0.0203 e. The predicted octanol–water partition coefficient (Wildman–Crippen LogP) is 9.82. The van der Waals surface area contributed by atoms with Crippen molar-refractivity contribution in [1.29, 1.82) is 0 Å². The van der Waals surface area contributed by atoms with E-state index in [1.165, 1.54) is 96.3 Å². The SMILES string of the molecule is CCC1CCC(C2CCC(C3CCC(C#CC4CCC(C5CCCC5)CC4)CC3)CC2)CC1. The summed E-state index contributed by atoms with van der Waals surface area (Å²) in [6.45, 7) is 2.40. The van der Waals surface area contributed by atoms with Crippen LogP contribution < -0.4 is 0 Å². The molecule has 0 spiro atoms. The summed E-state index contributed by atoms with van der Waals surface area (Å²) in [6.07, 6.45) is 31.5. The van der Waals surface area contributed by atoms with Crippen LogP contribution >= 0.6 is 0 Å². The standard InChI is InChI=1S/C33H54/c1-2-25-9-15-30(16-10-25)32-21-23-33(24-22-32)31-19-13-27(14-20-31)8-7-26-11-17-29(18-12-26)28-5-3-4-6-28/h25-33H,2-6,9-24H2,1H3. The van der Waals surface area contributed by atoms with Crippen molar-refractivity contribution in [3.05, 3.63) is 0 Å². The molecule has 5 fully saturated rings. The van der Waals surface area contributed by atoms with Gasteiger partial charge in [-0.05, 0) is 131 Å². The van der Waals surface area contributed by atoms with Gasteiger partial charge in [0.1, 0.15) is 0 Å². The molecule has 0 aromatic heterocycles. The van der Waals surface area contributed by atoms with Crippen LogP contribution in [0.2, 0.25) is 0 Å². The van der Waals surface area contributed by atoms with Crippen LogP contribution in [0.15, 0.2) is 0 Å². The van der Waals surface area contributed by atoms with Gasteiger partial charge in [0.2, 0.25) is 0 Å². The van der Waals surface area contributed by atoms with E-state index < -0.39 is 0 Å². The summed E-state index contributed by atoms with van der Waals surface area (Å²) in [5.41, 5.74) is 0. The average Bonchev–Trinajstić information content (AvgIpc) is 3.43. The van der Waals surface area contributed by atoms with E-state index in [1.54, 1.807) is 38.5 Å². The zero-order valence-corrected chi connectivity index (χ0v) is 22.0. The normalized spacial score (nSPS) is 43.1. The van der Waals surface area contributed by atoms with E-state index in [0.717, 1.165) is 53.3 Å². The zero-order valence-electron chi connectivity index (χ0n) is 22.0. The third kappa shape index (κ3) is 6.42. The van der Waals surface area contributed by atoms with Crippen molar-refractivity contribution in [3.63, 3.8) is 0 Å². The van der Waals surface area contributed by atoms with Gasteiger partial charge in [-0.3, -0.25) is 0 Å². The topological polar surface area (TPSA) is 0 Å². The van der Waals surface area contributed by atoms with Gasteiger partial charge in [0.25, 0.3) is 0 Å². The van der Waals surface area contributed by atoms with Gasteiger partial charge < -0.3 is 0 Å². The lowest BCUT2D eigenvalue weighted by Crippen LogP contribution is -2.29. The quantitative estimate of drug-likeness (QED) is 0.374. The van der Waals surface area contributed by atoms with Crippen LogP contribution in [0.4, 0.5) is 0 Å². The first kappa shape index (κ1) is 24.3. The Morgan fingerprint density at radius 2 is 0.697 bits per heavy atom. The maximum absolute atomic E-state index is 3.81. The Balaban J connectivity index is 0.987. The average molecular weight is 451 g/mol. The van der Waals surface area contributed by atoms with E-state index in [1.807, 2.05) is 0 Å². The molecule has 33 heavy (non-hydrogen) atoms. The lowest BCUT2D eigenvalue weighted by Gasteiger charge is -2.41. The molecule has 0 N–H and O–H groups in total. The lowest BCUT2D eigenvalue weighted by atomic mass is 9.65. The summed E-state index contributed by atoms with van der Waals surface area (Å²) < 4.78 is 0. The van der Waals surface area contributed by atoms with Gasteiger partial charge in [-0.2, -0.15) is 0 Å². The molecular formula is C33H54. The molecule has 0 aliphatic heterocycles. The van der Waals surface area contributed by atoms with E-state index in [0.29, 0.717) is 0 Å². The monoisotopic (exact) mass is 450 g/mol.